The van der Waals surface area contributed by atoms with Gasteiger partial charge in [0, 0.05) is 17.6 Å². The maximum absolute atomic E-state index is 9.25. The van der Waals surface area contributed by atoms with Gasteiger partial charge in [0.05, 0.1) is 0 Å². The van der Waals surface area contributed by atoms with E-state index < -0.39 is 6.23 Å². The van der Waals surface area contributed by atoms with E-state index in [1.807, 2.05) is 20.2 Å². The number of hydrogen-bond acceptors (Lipinski definition) is 4. The van der Waals surface area contributed by atoms with E-state index in [9.17, 15) is 5.11 Å². The van der Waals surface area contributed by atoms with Crippen LogP contribution < -0.4 is 11.5 Å². The van der Waals surface area contributed by atoms with E-state index in [0.29, 0.717) is 17.1 Å². The van der Waals surface area contributed by atoms with E-state index >= 15 is 0 Å². The fourth-order valence-corrected chi connectivity index (χ4v) is 1.91. The van der Waals surface area contributed by atoms with Crippen molar-refractivity contribution in [2.45, 2.75) is 18.7 Å². The predicted octanol–water partition coefficient (Wildman–Crippen LogP) is 0.721. The first-order valence-corrected chi connectivity index (χ1v) is 5.92. The van der Waals surface area contributed by atoms with Crippen LogP contribution in [-0.4, -0.2) is 36.7 Å². The summed E-state index contributed by atoms with van der Waals surface area (Å²) in [5.41, 5.74) is 12.7. The van der Waals surface area contributed by atoms with Gasteiger partial charge in [0.25, 0.3) is 0 Å². The summed E-state index contributed by atoms with van der Waals surface area (Å²) in [6, 6.07) is 5.63. The molecule has 1 unspecified atom stereocenters. The van der Waals surface area contributed by atoms with E-state index in [2.05, 4.69) is 4.90 Å². The van der Waals surface area contributed by atoms with Crippen molar-refractivity contribution in [3.05, 3.63) is 34.3 Å². The van der Waals surface area contributed by atoms with Crippen LogP contribution in [0.25, 0.3) is 0 Å². The zero-order valence-electron chi connectivity index (χ0n) is 10.2. The van der Waals surface area contributed by atoms with E-state index in [1.54, 1.807) is 12.1 Å². The molecule has 5 N–H and O–H groups in total. The normalized spacial score (nSPS) is 15.0. The Kier molecular flexibility index (Phi) is 5.36. The highest BCUT2D eigenvalue weighted by Crippen LogP contribution is 2.22. The summed E-state index contributed by atoms with van der Waals surface area (Å²) in [6.45, 7) is 0.574. The van der Waals surface area contributed by atoms with Crippen molar-refractivity contribution in [1.82, 2.24) is 4.90 Å². The lowest BCUT2D eigenvalue weighted by Crippen LogP contribution is -2.36. The summed E-state index contributed by atoms with van der Waals surface area (Å²) in [5.74, 6) is 0. The van der Waals surface area contributed by atoms with Crippen LogP contribution in [-0.2, 0) is 6.42 Å². The molecule has 0 fully saturated rings. The molecule has 96 valence electrons. The van der Waals surface area contributed by atoms with Crippen molar-refractivity contribution in [3.8, 4) is 0 Å². The van der Waals surface area contributed by atoms with Crippen LogP contribution in [0.5, 0.6) is 0 Å². The largest absolute Gasteiger partial charge is 0.375 e. The molecule has 1 aromatic carbocycles. The van der Waals surface area contributed by atoms with Crippen molar-refractivity contribution in [1.29, 1.82) is 0 Å². The van der Waals surface area contributed by atoms with Gasteiger partial charge >= 0.3 is 0 Å². The third-order valence-corrected chi connectivity index (χ3v) is 3.23. The standard InChI is InChI=1S/C12H20ClN3O/c1-16(2)10(7-14)5-8-3-4-9(12(15)17)6-11(8)13/h3-4,6,10,12,17H,5,7,14-15H2,1-2H3/t10-,12?/m0/s1. The first kappa shape index (κ1) is 14.4. The molecule has 1 rings (SSSR count). The highest BCUT2D eigenvalue weighted by atomic mass is 35.5. The molecule has 2 atom stereocenters. The zero-order chi connectivity index (χ0) is 13.0. The topological polar surface area (TPSA) is 75.5 Å². The molecule has 4 nitrogen and oxygen atoms in total. The molecule has 0 saturated carbocycles. The van der Waals surface area contributed by atoms with Gasteiger partial charge in [0.2, 0.25) is 0 Å². The molecule has 0 aromatic heterocycles. The molecule has 1 aromatic rings. The van der Waals surface area contributed by atoms with E-state index in [4.69, 9.17) is 23.1 Å². The second-order valence-electron chi connectivity index (χ2n) is 4.35. The van der Waals surface area contributed by atoms with E-state index in [0.717, 1.165) is 12.0 Å². The summed E-state index contributed by atoms with van der Waals surface area (Å²) in [4.78, 5) is 2.07. The van der Waals surface area contributed by atoms with Crippen LogP contribution in [0.4, 0.5) is 0 Å². The van der Waals surface area contributed by atoms with E-state index in [1.165, 1.54) is 0 Å². The summed E-state index contributed by atoms with van der Waals surface area (Å²) in [5, 5.41) is 9.86. The molecule has 0 radical (unpaired) electrons. The molecule has 5 heteroatoms. The Hall–Kier alpha value is -0.650. The summed E-state index contributed by atoms with van der Waals surface area (Å²) >= 11 is 6.15. The number of halogens is 1. The van der Waals surface area contributed by atoms with Crippen molar-refractivity contribution in [2.24, 2.45) is 11.5 Å². The first-order valence-electron chi connectivity index (χ1n) is 5.54. The van der Waals surface area contributed by atoms with Crippen molar-refractivity contribution < 1.29 is 5.11 Å². The van der Waals surface area contributed by atoms with Gasteiger partial charge in [-0.15, -0.1) is 0 Å². The smallest absolute Gasteiger partial charge is 0.128 e. The van der Waals surface area contributed by atoms with Gasteiger partial charge in [-0.05, 0) is 37.7 Å². The van der Waals surface area contributed by atoms with Gasteiger partial charge in [-0.25, -0.2) is 0 Å². The van der Waals surface area contributed by atoms with Crippen molar-refractivity contribution in [2.75, 3.05) is 20.6 Å². The summed E-state index contributed by atoms with van der Waals surface area (Å²) < 4.78 is 0. The second-order valence-corrected chi connectivity index (χ2v) is 4.76. The van der Waals surface area contributed by atoms with E-state index in [-0.39, 0.29) is 6.04 Å². The molecule has 17 heavy (non-hydrogen) atoms. The molecule has 0 aliphatic carbocycles. The molecule has 0 bridgehead atoms. The number of hydrogen-bond donors (Lipinski definition) is 3. The number of nitrogens with two attached hydrogens (primary N) is 2. The van der Waals surface area contributed by atoms with Gasteiger partial charge in [0.15, 0.2) is 0 Å². The average molecular weight is 258 g/mol. The van der Waals surface area contributed by atoms with Crippen LogP contribution in [0, 0.1) is 0 Å². The molecule has 0 amide bonds. The van der Waals surface area contributed by atoms with Crippen LogP contribution >= 0.6 is 11.6 Å². The molecule has 0 spiro atoms. The number of aliphatic hydroxyl groups is 1. The van der Waals surface area contributed by atoms with Gasteiger partial charge in [0.1, 0.15) is 6.23 Å². The number of likely N-dealkylation sites (N-methyl/N-ethyl adjacent to an activating group) is 1. The van der Waals surface area contributed by atoms with Crippen molar-refractivity contribution in [3.63, 3.8) is 0 Å². The number of nitrogens with zero attached hydrogens (tertiary/aromatic N) is 1. The number of benzene rings is 1. The lowest BCUT2D eigenvalue weighted by molar-refractivity contribution is 0.186. The minimum atomic E-state index is -0.985. The molecule has 0 aliphatic heterocycles. The number of aliphatic hydroxyl groups excluding tert-OH is 1. The van der Waals surface area contributed by atoms with Crippen LogP contribution in [0.3, 0.4) is 0 Å². The summed E-state index contributed by atoms with van der Waals surface area (Å²) in [7, 11) is 3.98. The molecular weight excluding hydrogens is 238 g/mol. The monoisotopic (exact) mass is 257 g/mol. The quantitative estimate of drug-likeness (QED) is 0.680. The SMILES string of the molecule is CN(C)[C@H](CN)Cc1ccc(C(N)O)cc1Cl. The highest BCUT2D eigenvalue weighted by Gasteiger charge is 2.13. The van der Waals surface area contributed by atoms with Crippen LogP contribution in [0.1, 0.15) is 17.4 Å². The Morgan fingerprint density at radius 1 is 1.41 bits per heavy atom. The fourth-order valence-electron chi connectivity index (χ4n) is 1.64. The Morgan fingerprint density at radius 2 is 2.06 bits per heavy atom. The second kappa shape index (κ2) is 6.33. The highest BCUT2D eigenvalue weighted by molar-refractivity contribution is 6.31. The maximum atomic E-state index is 9.25. The van der Waals surface area contributed by atoms with Crippen LogP contribution in [0.15, 0.2) is 18.2 Å². The maximum Gasteiger partial charge on any atom is 0.128 e. The zero-order valence-corrected chi connectivity index (χ0v) is 11.0. The summed E-state index contributed by atoms with van der Waals surface area (Å²) in [6.07, 6.45) is -0.204. The van der Waals surface area contributed by atoms with Gasteiger partial charge in [-0.2, -0.15) is 0 Å². The molecular formula is C12H20ClN3O. The average Bonchev–Trinajstić information content (AvgIpc) is 2.26. The predicted molar refractivity (Wildman–Crippen MR) is 70.8 cm³/mol. The molecule has 0 saturated heterocycles. The fraction of sp³-hybridized carbons (Fsp3) is 0.500. The third-order valence-electron chi connectivity index (χ3n) is 2.88. The minimum absolute atomic E-state index is 0.251. The Morgan fingerprint density at radius 3 is 2.47 bits per heavy atom. The van der Waals surface area contributed by atoms with Gasteiger partial charge in [-0.1, -0.05) is 23.7 Å². The Labute approximate surface area is 107 Å². The minimum Gasteiger partial charge on any atom is -0.375 e. The molecule has 0 aliphatic rings. The van der Waals surface area contributed by atoms with Crippen molar-refractivity contribution >= 4 is 11.6 Å². The lowest BCUT2D eigenvalue weighted by Gasteiger charge is -2.23. The number of rotatable bonds is 5. The Balaban J connectivity index is 2.85. The first-order chi connectivity index (χ1) is 7.95. The van der Waals surface area contributed by atoms with Crippen LogP contribution in [0.2, 0.25) is 5.02 Å². The Bertz CT molecular complexity index is 369. The molecule has 0 heterocycles. The van der Waals surface area contributed by atoms with Gasteiger partial charge < -0.3 is 21.5 Å². The lowest BCUT2D eigenvalue weighted by atomic mass is 10.0. The third kappa shape index (κ3) is 3.94. The van der Waals surface area contributed by atoms with Gasteiger partial charge in [-0.3, -0.25) is 0 Å².